The summed E-state index contributed by atoms with van der Waals surface area (Å²) in [6, 6.07) is 8.03. The fraction of sp³-hybridized carbons (Fsp3) is 0.438. The molecule has 1 heterocycles. The van der Waals surface area contributed by atoms with Crippen LogP contribution in [0, 0.1) is 0 Å². The van der Waals surface area contributed by atoms with Gasteiger partial charge in [-0.05, 0) is 31.4 Å². The lowest BCUT2D eigenvalue weighted by Crippen LogP contribution is -2.32. The average molecular weight is 273 g/mol. The summed E-state index contributed by atoms with van der Waals surface area (Å²) in [5.74, 6) is -0.0173. The van der Waals surface area contributed by atoms with Crippen molar-refractivity contribution in [2.75, 3.05) is 36.4 Å². The van der Waals surface area contributed by atoms with Crippen LogP contribution in [0.3, 0.4) is 0 Å². The second-order valence-corrected chi connectivity index (χ2v) is 5.03. The van der Waals surface area contributed by atoms with E-state index in [-0.39, 0.29) is 5.91 Å². The Balaban J connectivity index is 1.99. The first kappa shape index (κ1) is 14.6. The van der Waals surface area contributed by atoms with Crippen molar-refractivity contribution in [3.05, 3.63) is 36.9 Å². The number of para-hydroxylation sites is 2. The van der Waals surface area contributed by atoms with E-state index in [1.54, 1.807) is 6.08 Å². The Bertz CT molecular complexity index is 453. The SMILES string of the molecule is C=CCNCC(=O)Nc1ccccc1N1CCCCC1. The van der Waals surface area contributed by atoms with Crippen LogP contribution in [-0.4, -0.2) is 32.1 Å². The molecular formula is C16H23N3O. The Morgan fingerprint density at radius 1 is 1.25 bits per heavy atom. The number of carbonyl (C=O) groups is 1. The van der Waals surface area contributed by atoms with E-state index in [2.05, 4.69) is 28.2 Å². The minimum Gasteiger partial charge on any atom is -0.370 e. The summed E-state index contributed by atoms with van der Waals surface area (Å²) in [7, 11) is 0. The van der Waals surface area contributed by atoms with Gasteiger partial charge in [0, 0.05) is 19.6 Å². The van der Waals surface area contributed by atoms with Crippen LogP contribution in [0.15, 0.2) is 36.9 Å². The van der Waals surface area contributed by atoms with Gasteiger partial charge in [0.25, 0.3) is 0 Å². The predicted molar refractivity (Wildman–Crippen MR) is 84.2 cm³/mol. The van der Waals surface area contributed by atoms with Gasteiger partial charge >= 0.3 is 0 Å². The summed E-state index contributed by atoms with van der Waals surface area (Å²) >= 11 is 0. The average Bonchev–Trinajstić information content (AvgIpc) is 2.49. The third-order valence-electron chi connectivity index (χ3n) is 3.45. The molecule has 4 heteroatoms. The fourth-order valence-corrected chi connectivity index (χ4v) is 2.47. The maximum absolute atomic E-state index is 11.9. The van der Waals surface area contributed by atoms with E-state index in [9.17, 15) is 4.79 Å². The van der Waals surface area contributed by atoms with E-state index in [1.807, 2.05) is 18.2 Å². The van der Waals surface area contributed by atoms with E-state index in [0.717, 1.165) is 24.5 Å². The van der Waals surface area contributed by atoms with Crippen molar-refractivity contribution >= 4 is 17.3 Å². The maximum Gasteiger partial charge on any atom is 0.238 e. The molecule has 0 unspecified atom stereocenters. The smallest absolute Gasteiger partial charge is 0.238 e. The van der Waals surface area contributed by atoms with Crippen LogP contribution < -0.4 is 15.5 Å². The molecule has 0 atom stereocenters. The van der Waals surface area contributed by atoms with Crippen molar-refractivity contribution in [1.82, 2.24) is 5.32 Å². The van der Waals surface area contributed by atoms with Crippen LogP contribution in [0.25, 0.3) is 0 Å². The zero-order valence-electron chi connectivity index (χ0n) is 11.9. The minimum atomic E-state index is -0.0173. The van der Waals surface area contributed by atoms with E-state index >= 15 is 0 Å². The largest absolute Gasteiger partial charge is 0.370 e. The molecule has 2 N–H and O–H groups in total. The molecule has 0 spiro atoms. The molecule has 2 rings (SSSR count). The Morgan fingerprint density at radius 3 is 2.75 bits per heavy atom. The van der Waals surface area contributed by atoms with Crippen molar-refractivity contribution in [2.45, 2.75) is 19.3 Å². The number of nitrogens with one attached hydrogen (secondary N) is 2. The van der Waals surface area contributed by atoms with E-state index < -0.39 is 0 Å². The van der Waals surface area contributed by atoms with Crippen molar-refractivity contribution in [1.29, 1.82) is 0 Å². The first-order chi connectivity index (χ1) is 9.81. The number of piperidine rings is 1. The van der Waals surface area contributed by atoms with Gasteiger partial charge in [0.15, 0.2) is 0 Å². The third-order valence-corrected chi connectivity index (χ3v) is 3.45. The molecule has 1 aliphatic rings. The lowest BCUT2D eigenvalue weighted by Gasteiger charge is -2.30. The van der Waals surface area contributed by atoms with Gasteiger partial charge in [-0.15, -0.1) is 6.58 Å². The Morgan fingerprint density at radius 2 is 2.00 bits per heavy atom. The molecule has 1 saturated heterocycles. The number of nitrogens with zero attached hydrogens (tertiary/aromatic N) is 1. The number of amides is 1. The molecule has 0 aliphatic carbocycles. The number of carbonyl (C=O) groups excluding carboxylic acids is 1. The summed E-state index contributed by atoms with van der Waals surface area (Å²) in [6.45, 7) is 6.70. The molecule has 1 amide bonds. The first-order valence-electron chi connectivity index (χ1n) is 7.26. The van der Waals surface area contributed by atoms with Gasteiger partial charge < -0.3 is 15.5 Å². The predicted octanol–water partition coefficient (Wildman–Crippen LogP) is 2.39. The van der Waals surface area contributed by atoms with Crippen LogP contribution in [0.5, 0.6) is 0 Å². The van der Waals surface area contributed by atoms with Crippen LogP contribution in [0.2, 0.25) is 0 Å². The summed E-state index contributed by atoms with van der Waals surface area (Å²) in [5.41, 5.74) is 2.03. The highest BCUT2D eigenvalue weighted by atomic mass is 16.1. The van der Waals surface area contributed by atoms with Crippen LogP contribution in [0.4, 0.5) is 11.4 Å². The zero-order chi connectivity index (χ0) is 14.2. The second kappa shape index (κ2) is 7.70. The third kappa shape index (κ3) is 4.10. The molecule has 0 saturated carbocycles. The van der Waals surface area contributed by atoms with Gasteiger partial charge in [-0.25, -0.2) is 0 Å². The Hall–Kier alpha value is -1.81. The molecule has 1 aromatic rings. The lowest BCUT2D eigenvalue weighted by atomic mass is 10.1. The first-order valence-corrected chi connectivity index (χ1v) is 7.26. The fourth-order valence-electron chi connectivity index (χ4n) is 2.47. The lowest BCUT2D eigenvalue weighted by molar-refractivity contribution is -0.115. The van der Waals surface area contributed by atoms with Gasteiger partial charge in [-0.3, -0.25) is 4.79 Å². The van der Waals surface area contributed by atoms with Crippen molar-refractivity contribution < 1.29 is 4.79 Å². The summed E-state index contributed by atoms with van der Waals surface area (Å²) in [4.78, 5) is 14.3. The zero-order valence-corrected chi connectivity index (χ0v) is 11.9. The number of hydrogen-bond acceptors (Lipinski definition) is 3. The molecule has 0 radical (unpaired) electrons. The van der Waals surface area contributed by atoms with Gasteiger partial charge in [0.1, 0.15) is 0 Å². The molecule has 1 aromatic carbocycles. The Kier molecular flexibility index (Phi) is 5.62. The van der Waals surface area contributed by atoms with Gasteiger partial charge in [0.2, 0.25) is 5.91 Å². The maximum atomic E-state index is 11.9. The number of rotatable bonds is 6. The highest BCUT2D eigenvalue weighted by Crippen LogP contribution is 2.28. The van der Waals surface area contributed by atoms with Crippen molar-refractivity contribution in [2.24, 2.45) is 0 Å². The van der Waals surface area contributed by atoms with Gasteiger partial charge in [0.05, 0.1) is 17.9 Å². The summed E-state index contributed by atoms with van der Waals surface area (Å²) in [5, 5.41) is 6.00. The second-order valence-electron chi connectivity index (χ2n) is 5.03. The molecule has 108 valence electrons. The van der Waals surface area contributed by atoms with E-state index in [4.69, 9.17) is 0 Å². The number of anilines is 2. The monoisotopic (exact) mass is 273 g/mol. The quantitative estimate of drug-likeness (QED) is 0.618. The number of hydrogen-bond donors (Lipinski definition) is 2. The van der Waals surface area contributed by atoms with Gasteiger partial charge in [-0.2, -0.15) is 0 Å². The van der Waals surface area contributed by atoms with Crippen LogP contribution >= 0.6 is 0 Å². The molecule has 20 heavy (non-hydrogen) atoms. The van der Waals surface area contributed by atoms with Crippen molar-refractivity contribution in [3.8, 4) is 0 Å². The highest BCUT2D eigenvalue weighted by Gasteiger charge is 2.15. The molecule has 0 aromatic heterocycles. The number of benzene rings is 1. The highest BCUT2D eigenvalue weighted by molar-refractivity contribution is 5.95. The van der Waals surface area contributed by atoms with Crippen LogP contribution in [-0.2, 0) is 4.79 Å². The van der Waals surface area contributed by atoms with Gasteiger partial charge in [-0.1, -0.05) is 18.2 Å². The molecular weight excluding hydrogens is 250 g/mol. The topological polar surface area (TPSA) is 44.4 Å². The molecule has 0 bridgehead atoms. The standard InChI is InChI=1S/C16H23N3O/c1-2-10-17-13-16(20)18-14-8-4-5-9-15(14)19-11-6-3-7-12-19/h2,4-5,8-9,17H,1,3,6-7,10-13H2,(H,18,20). The molecule has 4 nitrogen and oxygen atoms in total. The normalized spacial score (nSPS) is 14.9. The minimum absolute atomic E-state index is 0.0173. The van der Waals surface area contributed by atoms with Crippen molar-refractivity contribution in [3.63, 3.8) is 0 Å². The summed E-state index contributed by atoms with van der Waals surface area (Å²) < 4.78 is 0. The van der Waals surface area contributed by atoms with E-state index in [1.165, 1.54) is 19.3 Å². The molecule has 1 aliphatic heterocycles. The summed E-state index contributed by atoms with van der Waals surface area (Å²) in [6.07, 6.45) is 5.50. The Labute approximate surface area is 120 Å². The van der Waals surface area contributed by atoms with E-state index in [0.29, 0.717) is 13.1 Å². The van der Waals surface area contributed by atoms with Crippen LogP contribution in [0.1, 0.15) is 19.3 Å². The molecule has 1 fully saturated rings.